The van der Waals surface area contributed by atoms with Gasteiger partial charge in [0.15, 0.2) is 0 Å². The van der Waals surface area contributed by atoms with Gasteiger partial charge < -0.3 is 35.4 Å². The van der Waals surface area contributed by atoms with E-state index in [0.29, 0.717) is 6.61 Å². The van der Waals surface area contributed by atoms with Crippen molar-refractivity contribution in [3.8, 4) is 0 Å². The summed E-state index contributed by atoms with van der Waals surface area (Å²) in [5, 5.41) is 49.1. The van der Waals surface area contributed by atoms with Crippen molar-refractivity contribution in [2.45, 2.75) is 31.8 Å². The maximum Gasteiger partial charge on any atom is 0.277 e. The molecule has 0 aliphatic heterocycles. The van der Waals surface area contributed by atoms with Crippen molar-refractivity contribution in [2.75, 3.05) is 26.4 Å². The Morgan fingerprint density at radius 3 is 1.81 bits per heavy atom. The molecule has 0 aromatic rings. The molecule has 0 fully saturated rings. The van der Waals surface area contributed by atoms with E-state index in [0.717, 1.165) is 6.42 Å². The highest BCUT2D eigenvalue weighted by Gasteiger charge is 2.16. The van der Waals surface area contributed by atoms with E-state index < -0.39 is 12.1 Å². The van der Waals surface area contributed by atoms with E-state index in [1.165, 1.54) is 0 Å². The number of rotatable bonds is 7. The number of aliphatic hydroxyl groups excluding tert-OH is 3. The molecule has 0 aromatic carbocycles. The Morgan fingerprint density at radius 1 is 1.06 bits per heavy atom. The predicted octanol–water partition coefficient (Wildman–Crippen LogP) is -2.23. The number of ether oxygens (including phenoxy) is 1. The van der Waals surface area contributed by atoms with Crippen LogP contribution in [0.1, 0.15) is 19.8 Å². The van der Waals surface area contributed by atoms with Crippen molar-refractivity contribution >= 4 is 0 Å². The summed E-state index contributed by atoms with van der Waals surface area (Å²) in [4.78, 5) is 0. The highest BCUT2D eigenvalue weighted by molar-refractivity contribution is 4.45. The monoisotopic (exact) mass is 242 g/mol. The van der Waals surface area contributed by atoms with Crippen LogP contribution < -0.4 is 0 Å². The molecule has 0 rings (SSSR count). The summed E-state index contributed by atoms with van der Waals surface area (Å²) in [6.07, 6.45) is -0.243. The van der Waals surface area contributed by atoms with E-state index in [4.69, 9.17) is 35.4 Å². The molecule has 0 radical (unpaired) electrons. The minimum atomic E-state index is -2.58. The summed E-state index contributed by atoms with van der Waals surface area (Å²) in [6.45, 7) is 1.96. The molecule has 0 saturated carbocycles. The topological polar surface area (TPSA) is 131 Å². The molecule has 7 heteroatoms. The molecule has 0 amide bonds. The van der Waals surface area contributed by atoms with Crippen molar-refractivity contribution in [3.05, 3.63) is 0 Å². The zero-order valence-corrected chi connectivity index (χ0v) is 9.41. The molecule has 0 aliphatic carbocycles. The van der Waals surface area contributed by atoms with E-state index in [-0.39, 0.29) is 26.2 Å². The van der Waals surface area contributed by atoms with Gasteiger partial charge in [-0.2, -0.15) is 0 Å². The van der Waals surface area contributed by atoms with Gasteiger partial charge in [-0.05, 0) is 6.42 Å². The molecule has 0 spiro atoms. The lowest BCUT2D eigenvalue weighted by Crippen LogP contribution is -2.28. The van der Waals surface area contributed by atoms with Crippen molar-refractivity contribution in [1.82, 2.24) is 0 Å². The van der Waals surface area contributed by atoms with Crippen LogP contribution in [0.2, 0.25) is 0 Å². The Balaban J connectivity index is 0. The summed E-state index contributed by atoms with van der Waals surface area (Å²) in [5.41, 5.74) is 0. The molecule has 7 nitrogen and oxygen atoms in total. The molecule has 0 aliphatic rings. The fraction of sp³-hybridized carbons (Fsp3) is 1.00. The highest BCUT2D eigenvalue weighted by Crippen LogP contribution is 1.99. The molecule has 0 atom stereocenters. The van der Waals surface area contributed by atoms with Crippen molar-refractivity contribution in [3.63, 3.8) is 0 Å². The third-order valence-electron chi connectivity index (χ3n) is 1.35. The maximum atomic E-state index is 8.35. The average molecular weight is 242 g/mol. The van der Waals surface area contributed by atoms with Crippen molar-refractivity contribution in [1.29, 1.82) is 0 Å². The number of aliphatic hydroxyl groups is 6. The first-order chi connectivity index (χ1) is 7.37. The van der Waals surface area contributed by atoms with Gasteiger partial charge in [0.05, 0.1) is 26.2 Å². The van der Waals surface area contributed by atoms with Gasteiger partial charge in [0.25, 0.3) is 5.97 Å². The lowest BCUT2D eigenvalue weighted by atomic mass is 10.4. The molecular weight excluding hydrogens is 220 g/mol. The zero-order chi connectivity index (χ0) is 13.0. The van der Waals surface area contributed by atoms with Gasteiger partial charge in [-0.15, -0.1) is 0 Å². The molecular formula is C9H22O7. The van der Waals surface area contributed by atoms with Crippen LogP contribution in [0, 0.1) is 0 Å². The molecule has 100 valence electrons. The molecule has 0 bridgehead atoms. The van der Waals surface area contributed by atoms with Gasteiger partial charge in [0.2, 0.25) is 0 Å². The second-order valence-electron chi connectivity index (χ2n) is 3.16. The minimum Gasteiger partial charge on any atom is -0.394 e. The van der Waals surface area contributed by atoms with E-state index in [9.17, 15) is 0 Å². The van der Waals surface area contributed by atoms with E-state index in [1.807, 2.05) is 6.92 Å². The number of hydrogen-bond donors (Lipinski definition) is 6. The van der Waals surface area contributed by atoms with Gasteiger partial charge in [-0.25, -0.2) is 0 Å². The molecule has 0 saturated heterocycles. The summed E-state index contributed by atoms with van der Waals surface area (Å²) in [6, 6.07) is 0. The standard InChI is InChI=1S/C6H14O4.C3H8O3/c1-2-4-10-5-3-6(7,8)9;4-1-3(6)2-5/h7-9H,2-5H2,1H3;3-6H,1-2H2. The third kappa shape index (κ3) is 19.3. The van der Waals surface area contributed by atoms with Gasteiger partial charge in [-0.1, -0.05) is 6.92 Å². The Morgan fingerprint density at radius 2 is 1.56 bits per heavy atom. The Hall–Kier alpha value is -0.280. The average Bonchev–Trinajstić information content (AvgIpc) is 2.23. The Kier molecular flexibility index (Phi) is 12.7. The SMILES string of the molecule is CCCOCCC(O)(O)O.OCC(O)CO. The fourth-order valence-corrected chi connectivity index (χ4v) is 0.513. The first-order valence-corrected chi connectivity index (χ1v) is 5.02. The first-order valence-electron chi connectivity index (χ1n) is 5.02. The van der Waals surface area contributed by atoms with Gasteiger partial charge >= 0.3 is 0 Å². The van der Waals surface area contributed by atoms with Crippen LogP contribution in [-0.2, 0) is 4.74 Å². The van der Waals surface area contributed by atoms with Crippen LogP contribution >= 0.6 is 0 Å². The van der Waals surface area contributed by atoms with Crippen LogP contribution in [0.15, 0.2) is 0 Å². The van der Waals surface area contributed by atoms with E-state index in [2.05, 4.69) is 0 Å². The van der Waals surface area contributed by atoms with Gasteiger partial charge in [0.1, 0.15) is 6.10 Å². The second-order valence-corrected chi connectivity index (χ2v) is 3.16. The van der Waals surface area contributed by atoms with Crippen LogP contribution in [0.5, 0.6) is 0 Å². The number of hydrogen-bond acceptors (Lipinski definition) is 7. The predicted molar refractivity (Wildman–Crippen MR) is 55.3 cm³/mol. The summed E-state index contributed by atoms with van der Waals surface area (Å²) < 4.78 is 4.88. The van der Waals surface area contributed by atoms with E-state index in [1.54, 1.807) is 0 Å². The Bertz CT molecular complexity index is 130. The molecule has 6 N–H and O–H groups in total. The van der Waals surface area contributed by atoms with Crippen molar-refractivity contribution in [2.24, 2.45) is 0 Å². The summed E-state index contributed by atoms with van der Waals surface area (Å²) in [7, 11) is 0. The summed E-state index contributed by atoms with van der Waals surface area (Å²) >= 11 is 0. The van der Waals surface area contributed by atoms with Crippen molar-refractivity contribution < 1.29 is 35.4 Å². The maximum absolute atomic E-state index is 8.35. The quantitative estimate of drug-likeness (QED) is 0.220. The smallest absolute Gasteiger partial charge is 0.277 e. The lowest BCUT2D eigenvalue weighted by molar-refractivity contribution is -0.317. The lowest BCUT2D eigenvalue weighted by Gasteiger charge is -2.12. The normalized spacial score (nSPS) is 11.2. The zero-order valence-electron chi connectivity index (χ0n) is 9.41. The first kappa shape index (κ1) is 18.1. The Labute approximate surface area is 94.5 Å². The van der Waals surface area contributed by atoms with E-state index >= 15 is 0 Å². The van der Waals surface area contributed by atoms with Crippen LogP contribution in [-0.4, -0.2) is 69.1 Å². The van der Waals surface area contributed by atoms with Crippen LogP contribution in [0.4, 0.5) is 0 Å². The van der Waals surface area contributed by atoms with Gasteiger partial charge in [-0.3, -0.25) is 0 Å². The van der Waals surface area contributed by atoms with Gasteiger partial charge in [0, 0.05) is 6.61 Å². The fourth-order valence-electron chi connectivity index (χ4n) is 0.513. The third-order valence-corrected chi connectivity index (χ3v) is 1.35. The largest absolute Gasteiger partial charge is 0.394 e. The minimum absolute atomic E-state index is 0.164. The molecule has 0 aromatic heterocycles. The summed E-state index contributed by atoms with van der Waals surface area (Å²) in [5.74, 6) is -2.58. The van der Waals surface area contributed by atoms with Crippen LogP contribution in [0.25, 0.3) is 0 Å². The molecule has 0 heterocycles. The molecule has 0 unspecified atom stereocenters. The van der Waals surface area contributed by atoms with Crippen LogP contribution in [0.3, 0.4) is 0 Å². The second kappa shape index (κ2) is 11.2. The highest BCUT2D eigenvalue weighted by atomic mass is 16.7. The molecule has 16 heavy (non-hydrogen) atoms.